The summed E-state index contributed by atoms with van der Waals surface area (Å²) in [4.78, 5) is 18.6. The van der Waals surface area contributed by atoms with E-state index in [-0.39, 0.29) is 5.92 Å². The second-order valence-corrected chi connectivity index (χ2v) is 7.46. The average Bonchev–Trinajstić information content (AvgIpc) is 2.98. The number of carbonyl (C=O) groups excluding carboxylic acids is 1. The van der Waals surface area contributed by atoms with E-state index in [0.29, 0.717) is 11.8 Å². The fourth-order valence-corrected chi connectivity index (χ4v) is 4.38. The number of ether oxygens (including phenoxy) is 1. The van der Waals surface area contributed by atoms with Crippen LogP contribution in [0.3, 0.4) is 0 Å². The number of hydrogen-bond acceptors (Lipinski definition) is 2. The van der Waals surface area contributed by atoms with Gasteiger partial charge >= 0.3 is 0 Å². The molecular formula is C20H26N2O2. The molecule has 1 aliphatic heterocycles. The first-order valence-electron chi connectivity index (χ1n) is 9.12. The first-order chi connectivity index (χ1) is 11.7. The highest BCUT2D eigenvalue weighted by Crippen LogP contribution is 2.34. The van der Waals surface area contributed by atoms with Gasteiger partial charge in [-0.05, 0) is 61.8 Å². The number of fused-ring (bicyclic) bond motifs is 3. The predicted octanol–water partition coefficient (Wildman–Crippen LogP) is 3.54. The maximum Gasteiger partial charge on any atom is 0.226 e. The summed E-state index contributed by atoms with van der Waals surface area (Å²) >= 11 is 0. The van der Waals surface area contributed by atoms with Crippen molar-refractivity contribution in [3.63, 3.8) is 0 Å². The minimum Gasteiger partial charge on any atom is -0.497 e. The van der Waals surface area contributed by atoms with Crippen LogP contribution in [0.1, 0.15) is 37.4 Å². The van der Waals surface area contributed by atoms with Crippen LogP contribution in [0.25, 0.3) is 10.9 Å². The predicted molar refractivity (Wildman–Crippen MR) is 95.3 cm³/mol. The Morgan fingerprint density at radius 3 is 3.00 bits per heavy atom. The van der Waals surface area contributed by atoms with Gasteiger partial charge in [-0.25, -0.2) is 0 Å². The van der Waals surface area contributed by atoms with E-state index in [1.165, 1.54) is 23.1 Å². The molecule has 1 N–H and O–H groups in total. The van der Waals surface area contributed by atoms with Crippen LogP contribution in [0.4, 0.5) is 0 Å². The molecule has 0 bridgehead atoms. The van der Waals surface area contributed by atoms with Crippen LogP contribution in [0.2, 0.25) is 0 Å². The van der Waals surface area contributed by atoms with E-state index in [2.05, 4.69) is 28.9 Å². The first kappa shape index (κ1) is 15.6. The number of amides is 1. The van der Waals surface area contributed by atoms with Crippen LogP contribution in [0, 0.1) is 11.8 Å². The molecule has 2 atom stereocenters. The molecule has 0 radical (unpaired) electrons. The van der Waals surface area contributed by atoms with Crippen molar-refractivity contribution in [2.45, 2.75) is 39.0 Å². The van der Waals surface area contributed by atoms with Crippen molar-refractivity contribution in [1.82, 2.24) is 9.88 Å². The number of aromatic nitrogens is 1. The van der Waals surface area contributed by atoms with E-state index in [4.69, 9.17) is 4.74 Å². The van der Waals surface area contributed by atoms with Gasteiger partial charge in [0.1, 0.15) is 5.75 Å². The molecular weight excluding hydrogens is 300 g/mol. The molecule has 2 heterocycles. The van der Waals surface area contributed by atoms with Crippen LogP contribution < -0.4 is 4.74 Å². The molecule has 0 spiro atoms. The molecule has 2 aliphatic rings. The van der Waals surface area contributed by atoms with Crippen molar-refractivity contribution < 1.29 is 9.53 Å². The number of likely N-dealkylation sites (tertiary alicyclic amines) is 1. The summed E-state index contributed by atoms with van der Waals surface area (Å²) in [5, 5.41) is 1.22. The molecule has 4 heteroatoms. The van der Waals surface area contributed by atoms with Gasteiger partial charge in [-0.1, -0.05) is 6.92 Å². The van der Waals surface area contributed by atoms with Gasteiger partial charge in [0.15, 0.2) is 0 Å². The standard InChI is InChI=1S/C20H26N2O2/c1-13-4-3-9-22(12-13)20(23)14-5-7-18-16(10-14)17-11-15(24-2)6-8-19(17)21-18/h6,8,11,13-14,21H,3-5,7,9-10,12H2,1-2H3. The summed E-state index contributed by atoms with van der Waals surface area (Å²) in [7, 11) is 1.70. The molecule has 1 aromatic carbocycles. The summed E-state index contributed by atoms with van der Waals surface area (Å²) in [6, 6.07) is 6.16. The molecule has 2 aromatic rings. The van der Waals surface area contributed by atoms with Crippen molar-refractivity contribution in [2.24, 2.45) is 11.8 Å². The highest BCUT2D eigenvalue weighted by atomic mass is 16.5. The largest absolute Gasteiger partial charge is 0.497 e. The summed E-state index contributed by atoms with van der Waals surface area (Å²) in [5.41, 5.74) is 3.77. The van der Waals surface area contributed by atoms with E-state index in [0.717, 1.165) is 50.0 Å². The number of benzene rings is 1. The van der Waals surface area contributed by atoms with E-state index >= 15 is 0 Å². The molecule has 4 rings (SSSR count). The van der Waals surface area contributed by atoms with Crippen molar-refractivity contribution >= 4 is 16.8 Å². The molecule has 1 aromatic heterocycles. The number of nitrogens with zero attached hydrogens (tertiary/aromatic N) is 1. The molecule has 24 heavy (non-hydrogen) atoms. The van der Waals surface area contributed by atoms with Crippen LogP contribution in [0.15, 0.2) is 18.2 Å². The Bertz CT molecular complexity index is 764. The smallest absolute Gasteiger partial charge is 0.226 e. The number of H-pyrrole nitrogens is 1. The zero-order valence-electron chi connectivity index (χ0n) is 14.6. The van der Waals surface area contributed by atoms with Gasteiger partial charge in [0.05, 0.1) is 7.11 Å². The third kappa shape index (κ3) is 2.68. The lowest BCUT2D eigenvalue weighted by atomic mass is 9.85. The Kier molecular flexibility index (Phi) is 3.99. The zero-order valence-corrected chi connectivity index (χ0v) is 14.6. The SMILES string of the molecule is COc1ccc2[nH]c3c(c2c1)CC(C(=O)N1CCCC(C)C1)CC3. The Balaban J connectivity index is 1.59. The van der Waals surface area contributed by atoms with E-state index in [1.807, 2.05) is 6.07 Å². The average molecular weight is 326 g/mol. The van der Waals surface area contributed by atoms with Gasteiger partial charge in [-0.15, -0.1) is 0 Å². The van der Waals surface area contributed by atoms with Crippen LogP contribution in [-0.2, 0) is 17.6 Å². The lowest BCUT2D eigenvalue weighted by Gasteiger charge is -2.34. The van der Waals surface area contributed by atoms with Crippen LogP contribution >= 0.6 is 0 Å². The number of nitrogens with one attached hydrogen (secondary N) is 1. The minimum absolute atomic E-state index is 0.132. The lowest BCUT2D eigenvalue weighted by Crippen LogP contribution is -2.43. The van der Waals surface area contributed by atoms with E-state index < -0.39 is 0 Å². The van der Waals surface area contributed by atoms with Gasteiger partial charge in [-0.2, -0.15) is 0 Å². The number of hydrogen-bond donors (Lipinski definition) is 1. The number of methoxy groups -OCH3 is 1. The quantitative estimate of drug-likeness (QED) is 0.917. The lowest BCUT2D eigenvalue weighted by molar-refractivity contribution is -0.137. The fourth-order valence-electron chi connectivity index (χ4n) is 4.38. The number of rotatable bonds is 2. The Morgan fingerprint density at radius 1 is 1.33 bits per heavy atom. The molecule has 128 valence electrons. The molecule has 1 amide bonds. The zero-order chi connectivity index (χ0) is 16.7. The highest BCUT2D eigenvalue weighted by Gasteiger charge is 2.31. The summed E-state index contributed by atoms with van der Waals surface area (Å²) in [6.07, 6.45) is 5.18. The fraction of sp³-hybridized carbons (Fsp3) is 0.550. The number of carbonyl (C=O) groups is 1. The topological polar surface area (TPSA) is 45.3 Å². The van der Waals surface area contributed by atoms with Crippen molar-refractivity contribution in [2.75, 3.05) is 20.2 Å². The van der Waals surface area contributed by atoms with E-state index in [9.17, 15) is 4.79 Å². The third-order valence-electron chi connectivity index (χ3n) is 5.71. The number of aryl methyl sites for hydroxylation is 1. The number of piperidine rings is 1. The van der Waals surface area contributed by atoms with Gasteiger partial charge in [-0.3, -0.25) is 4.79 Å². The molecule has 1 saturated heterocycles. The monoisotopic (exact) mass is 326 g/mol. The highest BCUT2D eigenvalue weighted by molar-refractivity contribution is 5.88. The number of aromatic amines is 1. The maximum atomic E-state index is 13.0. The summed E-state index contributed by atoms with van der Waals surface area (Å²) in [5.74, 6) is 2.01. The molecule has 1 aliphatic carbocycles. The Morgan fingerprint density at radius 2 is 2.21 bits per heavy atom. The van der Waals surface area contributed by atoms with Crippen LogP contribution in [0.5, 0.6) is 5.75 Å². The Hall–Kier alpha value is -1.97. The second-order valence-electron chi connectivity index (χ2n) is 7.46. The van der Waals surface area contributed by atoms with Gasteiger partial charge in [0.25, 0.3) is 0 Å². The molecule has 0 saturated carbocycles. The van der Waals surface area contributed by atoms with Crippen molar-refractivity contribution in [3.05, 3.63) is 29.5 Å². The second kappa shape index (κ2) is 6.15. The minimum atomic E-state index is 0.132. The summed E-state index contributed by atoms with van der Waals surface area (Å²) in [6.45, 7) is 4.13. The van der Waals surface area contributed by atoms with Crippen LogP contribution in [-0.4, -0.2) is 36.0 Å². The maximum absolute atomic E-state index is 13.0. The van der Waals surface area contributed by atoms with E-state index in [1.54, 1.807) is 7.11 Å². The van der Waals surface area contributed by atoms with Gasteiger partial charge in [0, 0.05) is 35.6 Å². The molecule has 1 fully saturated rings. The normalized spacial score (nSPS) is 24.0. The molecule has 2 unspecified atom stereocenters. The van der Waals surface area contributed by atoms with Gasteiger partial charge < -0.3 is 14.6 Å². The Labute approximate surface area is 143 Å². The van der Waals surface area contributed by atoms with Crippen molar-refractivity contribution in [1.29, 1.82) is 0 Å². The molecule has 4 nitrogen and oxygen atoms in total. The first-order valence-corrected chi connectivity index (χ1v) is 9.12. The summed E-state index contributed by atoms with van der Waals surface area (Å²) < 4.78 is 5.37. The third-order valence-corrected chi connectivity index (χ3v) is 5.71. The van der Waals surface area contributed by atoms with Gasteiger partial charge in [0.2, 0.25) is 5.91 Å². The van der Waals surface area contributed by atoms with Crippen molar-refractivity contribution in [3.8, 4) is 5.75 Å².